The molecule has 7 heteroatoms. The number of nitrogens with one attached hydrogen (secondary N) is 1. The molecule has 0 radical (unpaired) electrons. The Morgan fingerprint density at radius 1 is 1.30 bits per heavy atom. The number of rotatable bonds is 7. The number of hydrogen-bond donors (Lipinski definition) is 2. The lowest BCUT2D eigenvalue weighted by molar-refractivity contribution is -0.143. The predicted octanol–water partition coefficient (Wildman–Crippen LogP) is 3.11. The first-order valence-electron chi connectivity index (χ1n) is 7.52. The van der Waals surface area contributed by atoms with Crippen LogP contribution in [-0.2, 0) is 9.59 Å². The van der Waals surface area contributed by atoms with Crippen molar-refractivity contribution in [1.82, 2.24) is 10.2 Å². The fourth-order valence-corrected chi connectivity index (χ4v) is 2.75. The predicted molar refractivity (Wildman–Crippen MR) is 89.8 cm³/mol. The van der Waals surface area contributed by atoms with E-state index in [1.807, 2.05) is 6.92 Å². The molecule has 0 saturated heterocycles. The van der Waals surface area contributed by atoms with Crippen LogP contribution in [0.3, 0.4) is 0 Å². The van der Waals surface area contributed by atoms with E-state index in [0.29, 0.717) is 10.0 Å². The van der Waals surface area contributed by atoms with E-state index in [2.05, 4.69) is 5.32 Å². The van der Waals surface area contributed by atoms with E-state index in [1.165, 1.54) is 0 Å². The third kappa shape index (κ3) is 4.83. The molecule has 1 aliphatic rings. The molecule has 1 amide bonds. The van der Waals surface area contributed by atoms with Crippen LogP contribution in [0.1, 0.15) is 38.3 Å². The van der Waals surface area contributed by atoms with E-state index in [9.17, 15) is 9.59 Å². The van der Waals surface area contributed by atoms with Crippen LogP contribution in [0.4, 0.5) is 0 Å². The third-order valence-electron chi connectivity index (χ3n) is 4.02. The highest BCUT2D eigenvalue weighted by atomic mass is 35.5. The van der Waals surface area contributed by atoms with Gasteiger partial charge in [-0.3, -0.25) is 14.5 Å². The zero-order chi connectivity index (χ0) is 17.1. The largest absolute Gasteiger partial charge is 0.480 e. The summed E-state index contributed by atoms with van der Waals surface area (Å²) in [6, 6.07) is 4.48. The van der Waals surface area contributed by atoms with Crippen LogP contribution in [0, 0.1) is 0 Å². The molecular weight excluding hydrogens is 339 g/mol. The Labute approximate surface area is 145 Å². The Morgan fingerprint density at radius 3 is 2.48 bits per heavy atom. The van der Waals surface area contributed by atoms with Gasteiger partial charge in [0.05, 0.1) is 22.6 Å². The number of carbonyl (C=O) groups excluding carboxylic acids is 1. The normalized spacial score (nSPS) is 16.9. The van der Waals surface area contributed by atoms with Gasteiger partial charge in [0, 0.05) is 6.04 Å². The molecule has 1 aliphatic carbocycles. The zero-order valence-corrected chi connectivity index (χ0v) is 14.6. The number of amides is 1. The molecule has 0 heterocycles. The first kappa shape index (κ1) is 18.0. The number of nitrogens with zero attached hydrogens (tertiary/aromatic N) is 1. The fraction of sp³-hybridized carbons (Fsp3) is 0.500. The summed E-state index contributed by atoms with van der Waals surface area (Å²) in [6.07, 6.45) is 1.88. The van der Waals surface area contributed by atoms with Gasteiger partial charge in [0.25, 0.3) is 0 Å². The van der Waals surface area contributed by atoms with Crippen molar-refractivity contribution < 1.29 is 14.7 Å². The molecule has 1 fully saturated rings. The molecule has 0 bridgehead atoms. The van der Waals surface area contributed by atoms with Crippen molar-refractivity contribution in [3.05, 3.63) is 33.8 Å². The van der Waals surface area contributed by atoms with Crippen LogP contribution in [0.25, 0.3) is 0 Å². The second-order valence-corrected chi connectivity index (χ2v) is 6.69. The smallest absolute Gasteiger partial charge is 0.320 e. The van der Waals surface area contributed by atoms with Crippen molar-refractivity contribution in [1.29, 1.82) is 0 Å². The van der Waals surface area contributed by atoms with Crippen LogP contribution < -0.4 is 5.32 Å². The van der Waals surface area contributed by atoms with Gasteiger partial charge in [-0.2, -0.15) is 0 Å². The molecule has 2 N–H and O–H groups in total. The topological polar surface area (TPSA) is 69.6 Å². The van der Waals surface area contributed by atoms with Crippen molar-refractivity contribution >= 4 is 35.1 Å². The minimum absolute atomic E-state index is 0.0732. The SMILES string of the molecule is CC(NC(=O)CN(C1CC1)C(C)C(=O)O)c1ccc(Cl)c(Cl)c1. The summed E-state index contributed by atoms with van der Waals surface area (Å²) in [6.45, 7) is 3.53. The maximum Gasteiger partial charge on any atom is 0.320 e. The molecule has 23 heavy (non-hydrogen) atoms. The molecule has 1 saturated carbocycles. The van der Waals surface area contributed by atoms with E-state index in [1.54, 1.807) is 30.0 Å². The summed E-state index contributed by atoms with van der Waals surface area (Å²) in [7, 11) is 0. The minimum Gasteiger partial charge on any atom is -0.480 e. The Hall–Kier alpha value is -1.30. The van der Waals surface area contributed by atoms with Crippen molar-refractivity contribution in [2.24, 2.45) is 0 Å². The summed E-state index contributed by atoms with van der Waals surface area (Å²) >= 11 is 11.9. The van der Waals surface area contributed by atoms with E-state index < -0.39 is 12.0 Å². The number of carboxylic acids is 1. The van der Waals surface area contributed by atoms with Gasteiger partial charge in [-0.1, -0.05) is 29.3 Å². The summed E-state index contributed by atoms with van der Waals surface area (Å²) < 4.78 is 0. The monoisotopic (exact) mass is 358 g/mol. The Balaban J connectivity index is 1.97. The molecule has 2 unspecified atom stereocenters. The summed E-state index contributed by atoms with van der Waals surface area (Å²) in [5, 5.41) is 12.9. The summed E-state index contributed by atoms with van der Waals surface area (Å²) in [5.41, 5.74) is 0.844. The second kappa shape index (κ2) is 7.51. The van der Waals surface area contributed by atoms with Gasteiger partial charge in [0.2, 0.25) is 5.91 Å². The Morgan fingerprint density at radius 2 is 1.96 bits per heavy atom. The number of carboxylic acid groups (broad SMARTS) is 1. The molecule has 0 aromatic heterocycles. The average molecular weight is 359 g/mol. The van der Waals surface area contributed by atoms with Gasteiger partial charge in [-0.25, -0.2) is 0 Å². The molecule has 0 aliphatic heterocycles. The maximum atomic E-state index is 12.2. The zero-order valence-electron chi connectivity index (χ0n) is 13.1. The summed E-state index contributed by atoms with van der Waals surface area (Å²) in [5.74, 6) is -1.12. The first-order valence-corrected chi connectivity index (χ1v) is 8.28. The lowest BCUT2D eigenvalue weighted by atomic mass is 10.1. The molecule has 2 rings (SSSR count). The standard InChI is InChI=1S/C16H20Cl2N2O3/c1-9(11-3-6-13(17)14(18)7-11)19-15(21)8-20(12-4-5-12)10(2)16(22)23/h3,6-7,9-10,12H,4-5,8H2,1-2H3,(H,19,21)(H,22,23). The highest BCUT2D eigenvalue weighted by Crippen LogP contribution is 2.29. The van der Waals surface area contributed by atoms with Gasteiger partial charge in [-0.05, 0) is 44.4 Å². The molecule has 5 nitrogen and oxygen atoms in total. The van der Waals surface area contributed by atoms with Crippen LogP contribution in [-0.4, -0.2) is 40.5 Å². The van der Waals surface area contributed by atoms with Crippen molar-refractivity contribution in [3.8, 4) is 0 Å². The molecule has 0 spiro atoms. The van der Waals surface area contributed by atoms with Crippen molar-refractivity contribution in [3.63, 3.8) is 0 Å². The van der Waals surface area contributed by atoms with Gasteiger partial charge < -0.3 is 10.4 Å². The Bertz CT molecular complexity index is 605. The van der Waals surface area contributed by atoms with E-state index in [0.717, 1.165) is 18.4 Å². The summed E-state index contributed by atoms with van der Waals surface area (Å²) in [4.78, 5) is 25.1. The van der Waals surface area contributed by atoms with Crippen LogP contribution in [0.5, 0.6) is 0 Å². The molecular formula is C16H20Cl2N2O3. The quantitative estimate of drug-likeness (QED) is 0.785. The second-order valence-electron chi connectivity index (χ2n) is 5.88. The van der Waals surface area contributed by atoms with Gasteiger partial charge in [-0.15, -0.1) is 0 Å². The fourth-order valence-electron chi connectivity index (χ4n) is 2.45. The van der Waals surface area contributed by atoms with E-state index >= 15 is 0 Å². The average Bonchev–Trinajstić information content (AvgIpc) is 3.31. The lowest BCUT2D eigenvalue weighted by Crippen LogP contribution is -2.46. The molecule has 1 aromatic rings. The van der Waals surface area contributed by atoms with Crippen LogP contribution in [0.15, 0.2) is 18.2 Å². The highest BCUT2D eigenvalue weighted by molar-refractivity contribution is 6.42. The number of benzene rings is 1. The van der Waals surface area contributed by atoms with Gasteiger partial charge in [0.15, 0.2) is 0 Å². The van der Waals surface area contributed by atoms with Crippen molar-refractivity contribution in [2.45, 2.75) is 44.8 Å². The first-order chi connectivity index (χ1) is 10.8. The van der Waals surface area contributed by atoms with E-state index in [-0.39, 0.29) is 24.5 Å². The van der Waals surface area contributed by atoms with Crippen LogP contribution >= 0.6 is 23.2 Å². The number of aliphatic carboxylic acids is 1. The molecule has 1 aromatic carbocycles. The molecule has 126 valence electrons. The maximum absolute atomic E-state index is 12.2. The van der Waals surface area contributed by atoms with Crippen molar-refractivity contribution in [2.75, 3.05) is 6.54 Å². The number of halogens is 2. The minimum atomic E-state index is -0.915. The van der Waals surface area contributed by atoms with E-state index in [4.69, 9.17) is 28.3 Å². The lowest BCUT2D eigenvalue weighted by Gasteiger charge is -2.26. The van der Waals surface area contributed by atoms with Gasteiger partial charge >= 0.3 is 5.97 Å². The Kier molecular flexibility index (Phi) is 5.89. The molecule has 2 atom stereocenters. The van der Waals surface area contributed by atoms with Crippen LogP contribution in [0.2, 0.25) is 10.0 Å². The number of hydrogen-bond acceptors (Lipinski definition) is 3. The third-order valence-corrected chi connectivity index (χ3v) is 4.76. The van der Waals surface area contributed by atoms with Gasteiger partial charge in [0.1, 0.15) is 6.04 Å². The highest BCUT2D eigenvalue weighted by Gasteiger charge is 2.36. The number of carbonyl (C=O) groups is 2.